The molecule has 1 atom stereocenters. The summed E-state index contributed by atoms with van der Waals surface area (Å²) in [7, 11) is 0. The van der Waals surface area contributed by atoms with Gasteiger partial charge in [-0.1, -0.05) is 39.0 Å². The van der Waals surface area contributed by atoms with E-state index in [9.17, 15) is 22.8 Å². The van der Waals surface area contributed by atoms with Crippen LogP contribution >= 0.6 is 0 Å². The predicted octanol–water partition coefficient (Wildman–Crippen LogP) is 7.07. The summed E-state index contributed by atoms with van der Waals surface area (Å²) < 4.78 is 38.2. The summed E-state index contributed by atoms with van der Waals surface area (Å²) >= 11 is 0. The summed E-state index contributed by atoms with van der Waals surface area (Å²) in [6.45, 7) is 11.2. The third-order valence-corrected chi connectivity index (χ3v) is 11.4. The monoisotopic (exact) mass is 730 g/mol. The molecule has 0 radical (unpaired) electrons. The van der Waals surface area contributed by atoms with Gasteiger partial charge < -0.3 is 19.6 Å². The van der Waals surface area contributed by atoms with Crippen LogP contribution in [0, 0.1) is 25.7 Å². The summed E-state index contributed by atoms with van der Waals surface area (Å²) in [6, 6.07) is 4.23. The van der Waals surface area contributed by atoms with Crippen molar-refractivity contribution in [3.63, 3.8) is 0 Å². The van der Waals surface area contributed by atoms with Gasteiger partial charge in [0.1, 0.15) is 5.60 Å². The number of rotatable bonds is 8. The van der Waals surface area contributed by atoms with E-state index in [1.54, 1.807) is 12.4 Å². The van der Waals surface area contributed by atoms with Crippen LogP contribution in [0.2, 0.25) is 0 Å². The average Bonchev–Trinajstić information content (AvgIpc) is 3.13. The zero-order valence-corrected chi connectivity index (χ0v) is 30.7. The van der Waals surface area contributed by atoms with Crippen LogP contribution in [0.5, 0.6) is 0 Å². The normalized spacial score (nSPS) is 21.7. The number of hydrogen-bond donors (Lipinski definition) is 1. The van der Waals surface area contributed by atoms with E-state index in [2.05, 4.69) is 31.7 Å². The first-order valence-electron chi connectivity index (χ1n) is 18.9. The van der Waals surface area contributed by atoms with Crippen molar-refractivity contribution in [1.82, 2.24) is 29.7 Å². The minimum Gasteiger partial charge on any atom is -0.475 e. The van der Waals surface area contributed by atoms with Crippen molar-refractivity contribution < 1.29 is 37.4 Å². The molecular formula is C38H53F3N6O5. The van der Waals surface area contributed by atoms with E-state index in [0.29, 0.717) is 29.3 Å². The number of amides is 2. The summed E-state index contributed by atoms with van der Waals surface area (Å²) in [4.78, 5) is 56.0. The molecule has 2 aromatic heterocycles. The molecule has 1 unspecified atom stereocenters. The van der Waals surface area contributed by atoms with Crippen molar-refractivity contribution in [3.05, 3.63) is 41.5 Å². The maximum absolute atomic E-state index is 13.6. The first-order valence-corrected chi connectivity index (χ1v) is 18.9. The number of likely N-dealkylation sites (tertiary alicyclic amines) is 2. The second kappa shape index (κ2) is 17.3. The second-order valence-electron chi connectivity index (χ2n) is 14.9. The Morgan fingerprint density at radius 2 is 1.56 bits per heavy atom. The van der Waals surface area contributed by atoms with Crippen LogP contribution < -0.4 is 0 Å². The zero-order valence-electron chi connectivity index (χ0n) is 30.7. The maximum Gasteiger partial charge on any atom is 0.490 e. The van der Waals surface area contributed by atoms with E-state index in [4.69, 9.17) is 14.6 Å². The Bertz CT molecular complexity index is 1500. The van der Waals surface area contributed by atoms with E-state index in [-0.39, 0.29) is 17.6 Å². The van der Waals surface area contributed by atoms with Gasteiger partial charge in [-0.05, 0) is 64.0 Å². The number of pyridine rings is 1. The van der Waals surface area contributed by atoms with Gasteiger partial charge in [0.15, 0.2) is 5.82 Å². The molecule has 6 rings (SSSR count). The number of aryl methyl sites for hydroxylation is 2. The van der Waals surface area contributed by atoms with Crippen LogP contribution in [0.4, 0.5) is 18.0 Å². The van der Waals surface area contributed by atoms with Crippen molar-refractivity contribution in [2.75, 3.05) is 39.3 Å². The molecule has 52 heavy (non-hydrogen) atoms. The molecule has 1 N–H and O–H groups in total. The Hall–Kier alpha value is -3.81. The number of carbonyl (C=O) groups excluding carboxylic acids is 2. The molecule has 2 amide bonds. The van der Waals surface area contributed by atoms with Crippen LogP contribution in [0.1, 0.15) is 106 Å². The molecule has 286 valence electrons. The largest absolute Gasteiger partial charge is 0.490 e. The minimum absolute atomic E-state index is 0.0352. The van der Waals surface area contributed by atoms with Crippen molar-refractivity contribution in [3.8, 4) is 11.4 Å². The second-order valence-corrected chi connectivity index (χ2v) is 14.9. The minimum atomic E-state index is -5.08. The Balaban J connectivity index is 0.000000679. The van der Waals surface area contributed by atoms with E-state index in [1.165, 1.54) is 44.9 Å². The van der Waals surface area contributed by atoms with Crippen LogP contribution in [0.3, 0.4) is 0 Å². The van der Waals surface area contributed by atoms with Crippen LogP contribution in [-0.4, -0.2) is 110 Å². The van der Waals surface area contributed by atoms with Gasteiger partial charge in [-0.3, -0.25) is 14.7 Å². The molecule has 14 heteroatoms. The number of carbonyl (C=O) groups is 3. The highest BCUT2D eigenvalue weighted by Crippen LogP contribution is 2.42. The third kappa shape index (κ3) is 9.59. The molecular weight excluding hydrogens is 677 g/mol. The molecule has 4 aliphatic rings. The first kappa shape index (κ1) is 39.4. The lowest BCUT2D eigenvalue weighted by Crippen LogP contribution is -2.61. The van der Waals surface area contributed by atoms with Crippen LogP contribution in [0.25, 0.3) is 11.4 Å². The Morgan fingerprint density at radius 3 is 2.12 bits per heavy atom. The SMILES string of the molecule is CCCCC1CN(CC2CCCCC2)C(=O)OC12CCN(C1CCN(C(=O)c3c(C)nc(-c4ccncc4)nc3C)CC1)CC2.O=C(O)C(F)(F)F. The van der Waals surface area contributed by atoms with Gasteiger partial charge in [0, 0.05) is 82.0 Å². The number of nitrogens with zero attached hydrogens (tertiary/aromatic N) is 6. The zero-order chi connectivity index (χ0) is 37.5. The number of piperidine rings is 2. The van der Waals surface area contributed by atoms with Crippen molar-refractivity contribution in [2.24, 2.45) is 11.8 Å². The topological polar surface area (TPSA) is 129 Å². The number of ether oxygens (including phenoxy) is 1. The van der Waals surface area contributed by atoms with Crippen LogP contribution in [-0.2, 0) is 9.53 Å². The molecule has 0 bridgehead atoms. The van der Waals surface area contributed by atoms with Gasteiger partial charge >= 0.3 is 18.2 Å². The number of carboxylic acids is 1. The highest BCUT2D eigenvalue weighted by molar-refractivity contribution is 5.96. The summed E-state index contributed by atoms with van der Waals surface area (Å²) in [6.07, 6.45) is 12.0. The molecule has 11 nitrogen and oxygen atoms in total. The van der Waals surface area contributed by atoms with Gasteiger partial charge in [-0.2, -0.15) is 13.2 Å². The molecule has 1 saturated carbocycles. The summed E-state index contributed by atoms with van der Waals surface area (Å²) in [5.74, 6) is -1.04. The lowest BCUT2D eigenvalue weighted by Gasteiger charge is -2.52. The molecule has 0 aromatic carbocycles. The quantitative estimate of drug-likeness (QED) is 0.303. The Labute approximate surface area is 304 Å². The van der Waals surface area contributed by atoms with Gasteiger partial charge in [-0.25, -0.2) is 19.6 Å². The molecule has 4 fully saturated rings. The van der Waals surface area contributed by atoms with E-state index in [1.807, 2.05) is 30.9 Å². The van der Waals surface area contributed by atoms with Gasteiger partial charge in [-0.15, -0.1) is 0 Å². The fourth-order valence-corrected chi connectivity index (χ4v) is 8.49. The first-order chi connectivity index (χ1) is 24.8. The molecule has 3 saturated heterocycles. The lowest BCUT2D eigenvalue weighted by atomic mass is 9.75. The van der Waals surface area contributed by atoms with Crippen molar-refractivity contribution in [2.45, 2.75) is 116 Å². The fourth-order valence-electron chi connectivity index (χ4n) is 8.49. The van der Waals surface area contributed by atoms with E-state index in [0.717, 1.165) is 88.3 Å². The lowest BCUT2D eigenvalue weighted by molar-refractivity contribution is -0.192. The Morgan fingerprint density at radius 1 is 0.962 bits per heavy atom. The number of hydrogen-bond acceptors (Lipinski definition) is 8. The Kier molecular flexibility index (Phi) is 13.1. The molecule has 5 heterocycles. The van der Waals surface area contributed by atoms with E-state index < -0.39 is 12.1 Å². The fraction of sp³-hybridized carbons (Fsp3) is 0.684. The highest BCUT2D eigenvalue weighted by atomic mass is 19.4. The number of aliphatic carboxylic acids is 1. The van der Waals surface area contributed by atoms with Gasteiger partial charge in [0.2, 0.25) is 0 Å². The third-order valence-electron chi connectivity index (χ3n) is 11.4. The van der Waals surface area contributed by atoms with Crippen molar-refractivity contribution >= 4 is 18.0 Å². The number of alkyl halides is 3. The summed E-state index contributed by atoms with van der Waals surface area (Å²) in [5.41, 5.74) is 2.65. The number of aromatic nitrogens is 3. The van der Waals surface area contributed by atoms with E-state index >= 15 is 0 Å². The standard InChI is InChI=1S/C36H52N6O3.C2HF3O2/c1-4-5-11-30-25-42(24-28-9-7-6-8-10-28)35(44)45-36(30)16-22-40(23-17-36)31-14-20-41(21-15-31)34(43)32-26(2)38-33(39-27(32)3)29-12-18-37-19-13-29;3-2(4,5)1(6)7/h12-13,18-19,28,30-31H,4-11,14-17,20-25H2,1-3H3;(H,6,7). The van der Waals surface area contributed by atoms with Gasteiger partial charge in [0.25, 0.3) is 5.91 Å². The predicted molar refractivity (Wildman–Crippen MR) is 189 cm³/mol. The number of unbranched alkanes of at least 4 members (excludes halogenated alkanes) is 1. The molecule has 1 spiro atoms. The smallest absolute Gasteiger partial charge is 0.475 e. The summed E-state index contributed by atoms with van der Waals surface area (Å²) in [5, 5.41) is 7.12. The van der Waals surface area contributed by atoms with Crippen LogP contribution in [0.15, 0.2) is 24.5 Å². The maximum atomic E-state index is 13.6. The highest BCUT2D eigenvalue weighted by Gasteiger charge is 2.50. The van der Waals surface area contributed by atoms with Crippen molar-refractivity contribution in [1.29, 1.82) is 0 Å². The molecule has 1 aliphatic carbocycles. The average molecular weight is 731 g/mol. The van der Waals surface area contributed by atoms with Gasteiger partial charge in [0.05, 0.1) is 17.0 Å². The molecule has 2 aromatic rings. The molecule has 3 aliphatic heterocycles. The number of halogens is 3. The number of carboxylic acid groups (broad SMARTS) is 1.